The van der Waals surface area contributed by atoms with Gasteiger partial charge in [-0.25, -0.2) is 0 Å². The van der Waals surface area contributed by atoms with Crippen LogP contribution in [0.1, 0.15) is 0 Å². The second-order valence-corrected chi connectivity index (χ2v) is 14.0. The lowest BCUT2D eigenvalue weighted by Crippen LogP contribution is -2.12. The lowest BCUT2D eigenvalue weighted by atomic mass is 10.0. The number of aromatic nitrogens is 1. The Kier molecular flexibility index (Phi) is 5.83. The highest BCUT2D eigenvalue weighted by Gasteiger charge is 2.25. The van der Waals surface area contributed by atoms with Gasteiger partial charge in [-0.15, -0.1) is 11.3 Å². The van der Waals surface area contributed by atoms with E-state index in [1.165, 1.54) is 47.2 Å². The summed E-state index contributed by atoms with van der Waals surface area (Å²) in [6.07, 6.45) is 0. The Hall–Kier alpha value is -6.36. The van der Waals surface area contributed by atoms with Gasteiger partial charge in [-0.3, -0.25) is 0 Å². The fraction of sp³-hybridized carbons (Fsp3) is 0. The van der Waals surface area contributed by atoms with E-state index >= 15 is 0 Å². The minimum Gasteiger partial charge on any atom is -0.454 e. The molecule has 0 atom stereocenters. The summed E-state index contributed by atoms with van der Waals surface area (Å²) >= 11 is 1.86. The molecule has 3 heterocycles. The summed E-state index contributed by atoms with van der Waals surface area (Å²) in [6.45, 7) is 0. The van der Waals surface area contributed by atoms with Gasteiger partial charge in [0.2, 0.25) is 0 Å². The molecule has 3 nitrogen and oxygen atoms in total. The maximum atomic E-state index is 6.74. The van der Waals surface area contributed by atoms with E-state index in [9.17, 15) is 0 Å². The van der Waals surface area contributed by atoms with Crippen molar-refractivity contribution >= 4 is 103 Å². The minimum atomic E-state index is 0.870. The summed E-state index contributed by atoms with van der Waals surface area (Å²) in [6, 6.07) is 61.3. The second-order valence-electron chi connectivity index (χ2n) is 12.9. The van der Waals surface area contributed by atoms with Gasteiger partial charge in [0.05, 0.1) is 22.4 Å². The maximum Gasteiger partial charge on any atom is 0.159 e. The molecule has 0 unspecified atom stereocenters. The van der Waals surface area contributed by atoms with Crippen molar-refractivity contribution in [2.24, 2.45) is 0 Å². The van der Waals surface area contributed by atoms with Gasteiger partial charge in [-0.2, -0.15) is 0 Å². The van der Waals surface area contributed by atoms with E-state index in [0.29, 0.717) is 0 Å². The molecule has 0 saturated heterocycles. The van der Waals surface area contributed by atoms with Crippen molar-refractivity contribution in [1.29, 1.82) is 0 Å². The van der Waals surface area contributed by atoms with Crippen LogP contribution in [0, 0.1) is 0 Å². The van der Waals surface area contributed by atoms with Crippen LogP contribution in [-0.4, -0.2) is 4.57 Å². The maximum absolute atomic E-state index is 6.74. The van der Waals surface area contributed by atoms with Crippen LogP contribution >= 0.6 is 11.3 Å². The fourth-order valence-electron chi connectivity index (χ4n) is 7.93. The number of nitrogens with zero attached hydrogens (tertiary/aromatic N) is 2. The summed E-state index contributed by atoms with van der Waals surface area (Å²) in [7, 11) is 0. The first-order chi connectivity index (χ1) is 24.8. The number of anilines is 3. The Labute approximate surface area is 291 Å². The minimum absolute atomic E-state index is 0.870. The zero-order valence-electron chi connectivity index (χ0n) is 26.9. The van der Waals surface area contributed by atoms with Crippen LogP contribution in [-0.2, 0) is 0 Å². The summed E-state index contributed by atoms with van der Waals surface area (Å²) < 4.78 is 11.7. The van der Waals surface area contributed by atoms with Crippen LogP contribution in [0.2, 0.25) is 0 Å². The van der Waals surface area contributed by atoms with Crippen molar-refractivity contribution in [3.05, 3.63) is 170 Å². The number of hydrogen-bond donors (Lipinski definition) is 0. The molecular formula is C46H28N2OS. The van der Waals surface area contributed by atoms with E-state index < -0.39 is 0 Å². The predicted molar refractivity (Wildman–Crippen MR) is 213 cm³/mol. The Balaban J connectivity index is 1.27. The van der Waals surface area contributed by atoms with Crippen molar-refractivity contribution in [1.82, 2.24) is 4.57 Å². The fourth-order valence-corrected chi connectivity index (χ4v) is 9.05. The SMILES string of the molecule is c1ccc(-n2c3ccccc3c3cccc(N(c4ccc5sc6cc7ccccc7cc6c5c4)c4cccc5c4oc4ccccc45)c32)cc1. The molecule has 8 aromatic carbocycles. The quantitative estimate of drug-likeness (QED) is 0.188. The molecule has 0 aliphatic heterocycles. The monoisotopic (exact) mass is 656 g/mol. The van der Waals surface area contributed by atoms with Crippen molar-refractivity contribution in [2.75, 3.05) is 4.90 Å². The second kappa shape index (κ2) is 10.6. The molecule has 0 spiro atoms. The molecule has 234 valence electrons. The standard InChI is InChI=1S/C46H28N2OS/c1-2-14-31(15-3-1)48-39-20-8-6-16-33(39)35-18-10-21-40(45(35)48)47(41-22-11-19-36-34-17-7-9-23-42(34)49-46(36)41)32-24-25-43-38(28-32)37-26-29-12-4-5-13-30(29)27-44(37)50-43/h1-28H. The molecule has 0 radical (unpaired) electrons. The molecule has 0 aliphatic carbocycles. The molecular weight excluding hydrogens is 629 g/mol. The van der Waals surface area contributed by atoms with Gasteiger partial charge in [0.15, 0.2) is 5.58 Å². The average molecular weight is 657 g/mol. The molecule has 11 rings (SSSR count). The first-order valence-electron chi connectivity index (χ1n) is 16.9. The number of furan rings is 1. The van der Waals surface area contributed by atoms with Crippen molar-refractivity contribution in [2.45, 2.75) is 0 Å². The van der Waals surface area contributed by atoms with Gasteiger partial charge >= 0.3 is 0 Å². The molecule has 11 aromatic rings. The van der Waals surface area contributed by atoms with Crippen LogP contribution in [0.15, 0.2) is 174 Å². The summed E-state index contributed by atoms with van der Waals surface area (Å²) in [5, 5.41) is 9.71. The normalized spacial score (nSPS) is 12.0. The molecule has 0 aliphatic rings. The molecule has 0 fully saturated rings. The van der Waals surface area contributed by atoms with Gasteiger partial charge in [-0.05, 0) is 77.5 Å². The average Bonchev–Trinajstić information content (AvgIpc) is 3.84. The molecule has 0 bridgehead atoms. The highest BCUT2D eigenvalue weighted by molar-refractivity contribution is 7.25. The van der Waals surface area contributed by atoms with Crippen LogP contribution in [0.5, 0.6) is 0 Å². The number of benzene rings is 8. The van der Waals surface area contributed by atoms with Crippen LogP contribution < -0.4 is 4.90 Å². The van der Waals surface area contributed by atoms with E-state index in [0.717, 1.165) is 50.2 Å². The van der Waals surface area contributed by atoms with Gasteiger partial charge in [0.1, 0.15) is 5.58 Å². The Morgan fingerprint density at radius 3 is 2.02 bits per heavy atom. The van der Waals surface area contributed by atoms with Crippen molar-refractivity contribution in [3.63, 3.8) is 0 Å². The number of fused-ring (bicyclic) bond motifs is 10. The Bertz CT molecular complexity index is 3110. The molecule has 0 saturated carbocycles. The van der Waals surface area contributed by atoms with Gasteiger partial charge in [0.25, 0.3) is 0 Å². The van der Waals surface area contributed by atoms with Crippen LogP contribution in [0.25, 0.3) is 80.4 Å². The smallest absolute Gasteiger partial charge is 0.159 e. The summed E-state index contributed by atoms with van der Waals surface area (Å²) in [4.78, 5) is 2.41. The topological polar surface area (TPSA) is 21.3 Å². The zero-order valence-corrected chi connectivity index (χ0v) is 27.7. The predicted octanol–water partition coefficient (Wildman–Crippen LogP) is 13.7. The van der Waals surface area contributed by atoms with Gasteiger partial charge in [-0.1, -0.05) is 103 Å². The third kappa shape index (κ3) is 3.97. The van der Waals surface area contributed by atoms with Crippen molar-refractivity contribution < 1.29 is 4.42 Å². The Morgan fingerprint density at radius 1 is 0.460 bits per heavy atom. The highest BCUT2D eigenvalue weighted by atomic mass is 32.1. The summed E-state index contributed by atoms with van der Waals surface area (Å²) in [5.74, 6) is 0. The first-order valence-corrected chi connectivity index (χ1v) is 17.7. The van der Waals surface area contributed by atoms with Gasteiger partial charge in [0, 0.05) is 53.1 Å². The third-order valence-electron chi connectivity index (χ3n) is 10.1. The molecule has 4 heteroatoms. The molecule has 50 heavy (non-hydrogen) atoms. The van der Waals surface area contributed by atoms with E-state index in [1.54, 1.807) is 0 Å². The zero-order chi connectivity index (χ0) is 32.8. The number of hydrogen-bond acceptors (Lipinski definition) is 3. The molecule has 3 aromatic heterocycles. The van der Waals surface area contributed by atoms with Crippen LogP contribution in [0.3, 0.4) is 0 Å². The number of para-hydroxylation sites is 5. The van der Waals surface area contributed by atoms with Crippen molar-refractivity contribution in [3.8, 4) is 5.69 Å². The first kappa shape index (κ1) is 27.6. The van der Waals surface area contributed by atoms with E-state index in [2.05, 4.69) is 173 Å². The number of rotatable bonds is 4. The van der Waals surface area contributed by atoms with Gasteiger partial charge < -0.3 is 13.9 Å². The highest BCUT2D eigenvalue weighted by Crippen LogP contribution is 2.48. The van der Waals surface area contributed by atoms with E-state index in [4.69, 9.17) is 4.42 Å². The summed E-state index contributed by atoms with van der Waals surface area (Å²) in [5.41, 5.74) is 8.37. The Morgan fingerprint density at radius 2 is 1.14 bits per heavy atom. The number of thiophene rings is 1. The lowest BCUT2D eigenvalue weighted by molar-refractivity contribution is 0.669. The third-order valence-corrected chi connectivity index (χ3v) is 11.3. The molecule has 0 amide bonds. The van der Waals surface area contributed by atoms with E-state index in [-0.39, 0.29) is 0 Å². The van der Waals surface area contributed by atoms with E-state index in [1.807, 2.05) is 17.4 Å². The molecule has 0 N–H and O–H groups in total. The van der Waals surface area contributed by atoms with Crippen LogP contribution in [0.4, 0.5) is 17.1 Å². The lowest BCUT2D eigenvalue weighted by Gasteiger charge is -2.27. The largest absolute Gasteiger partial charge is 0.454 e.